The van der Waals surface area contributed by atoms with Crippen LogP contribution in [0.4, 0.5) is 0 Å². The fraction of sp³-hybridized carbons (Fsp3) is 0.720. The van der Waals surface area contributed by atoms with E-state index in [1.54, 1.807) is 19.9 Å². The Hall–Kier alpha value is -2.93. The smallest absolute Gasteiger partial charge is 0.312 e. The van der Waals surface area contributed by atoms with E-state index < -0.39 is 16.4 Å². The van der Waals surface area contributed by atoms with Crippen molar-refractivity contribution in [3.8, 4) is 0 Å². The maximum absolute atomic E-state index is 14.1. The number of Topliss-reactive ketones (excluding diaryl/α,β-unsaturated/α-hetero) is 1. The second kappa shape index (κ2) is 15.2. The monoisotopic (exact) mass is 818 g/mol. The van der Waals surface area contributed by atoms with Crippen molar-refractivity contribution in [2.75, 3.05) is 0 Å². The summed E-state index contributed by atoms with van der Waals surface area (Å²) in [4.78, 5) is 54.1. The third kappa shape index (κ3) is 7.66. The molecule has 0 aliphatic heterocycles. The Balaban J connectivity index is 1.23. The molecule has 0 saturated heterocycles. The van der Waals surface area contributed by atoms with E-state index in [0.29, 0.717) is 23.3 Å². The number of hydrogen-bond donors (Lipinski definition) is 1. The number of ketones is 1. The van der Waals surface area contributed by atoms with Gasteiger partial charge in [0.05, 0.1) is 17.9 Å². The van der Waals surface area contributed by atoms with E-state index in [1.165, 1.54) is 5.57 Å². The van der Waals surface area contributed by atoms with Gasteiger partial charge in [-0.25, -0.2) is 0 Å². The average Bonchev–Trinajstić information content (AvgIpc) is 3.40. The first-order chi connectivity index (χ1) is 26.7. The molecule has 320 valence electrons. The molecule has 8 heteroatoms. The number of carbonyl (C=O) groups is 4. The lowest BCUT2D eigenvalue weighted by molar-refractivity contribution is -0.232. The van der Waals surface area contributed by atoms with Crippen LogP contribution in [0, 0.1) is 56.2 Å². The van der Waals surface area contributed by atoms with Crippen LogP contribution in [0.1, 0.15) is 166 Å². The van der Waals surface area contributed by atoms with Gasteiger partial charge in [-0.2, -0.15) is 0 Å². The number of amides is 1. The van der Waals surface area contributed by atoms with Gasteiger partial charge in [0.1, 0.15) is 11.7 Å². The molecule has 6 rings (SSSR count). The molecule has 0 radical (unpaired) electrons. The molecule has 0 unspecified atom stereocenters. The second-order valence-corrected chi connectivity index (χ2v) is 22.8. The lowest BCUT2D eigenvalue weighted by atomic mass is 9.33. The van der Waals surface area contributed by atoms with Crippen LogP contribution >= 0.6 is 11.6 Å². The van der Waals surface area contributed by atoms with Gasteiger partial charge in [0.15, 0.2) is 5.78 Å². The molecule has 5 aliphatic rings. The quantitative estimate of drug-likeness (QED) is 0.197. The van der Waals surface area contributed by atoms with E-state index >= 15 is 0 Å². The third-order valence-corrected chi connectivity index (χ3v) is 16.8. The number of esters is 2. The summed E-state index contributed by atoms with van der Waals surface area (Å²) >= 11 is 6.11. The van der Waals surface area contributed by atoms with Crippen LogP contribution in [-0.4, -0.2) is 35.3 Å². The van der Waals surface area contributed by atoms with E-state index in [1.807, 2.05) is 52.0 Å². The highest BCUT2D eigenvalue weighted by Crippen LogP contribution is 2.77. The lowest BCUT2D eigenvalue weighted by Gasteiger charge is -2.72. The van der Waals surface area contributed by atoms with Gasteiger partial charge in [-0.3, -0.25) is 19.2 Å². The highest BCUT2D eigenvalue weighted by atomic mass is 35.5. The highest BCUT2D eigenvalue weighted by molar-refractivity contribution is 6.30. The normalized spacial score (nSPS) is 35.1. The van der Waals surface area contributed by atoms with Crippen molar-refractivity contribution < 1.29 is 28.7 Å². The summed E-state index contributed by atoms with van der Waals surface area (Å²) in [7, 11) is 0. The summed E-state index contributed by atoms with van der Waals surface area (Å²) in [5.74, 6) is 0.639. The Morgan fingerprint density at radius 2 is 1.52 bits per heavy atom. The Morgan fingerprint density at radius 1 is 0.862 bits per heavy atom. The van der Waals surface area contributed by atoms with Crippen molar-refractivity contribution >= 4 is 35.2 Å². The molecule has 5 aliphatic carbocycles. The summed E-state index contributed by atoms with van der Waals surface area (Å²) in [5.41, 5.74) is 1.16. The molecule has 7 nitrogen and oxygen atoms in total. The number of ether oxygens (including phenoxy) is 2. The molecule has 0 heterocycles. The van der Waals surface area contributed by atoms with E-state index in [9.17, 15) is 19.2 Å². The number of nitrogens with one attached hydrogen (secondary N) is 1. The fourth-order valence-electron chi connectivity index (χ4n) is 13.4. The van der Waals surface area contributed by atoms with Crippen LogP contribution in [0.5, 0.6) is 0 Å². The molecule has 58 heavy (non-hydrogen) atoms. The molecule has 4 fully saturated rings. The minimum Gasteiger partial charge on any atom is -0.462 e. The Morgan fingerprint density at radius 3 is 2.14 bits per heavy atom. The topological polar surface area (TPSA) is 98.8 Å². The van der Waals surface area contributed by atoms with Gasteiger partial charge in [0.25, 0.3) is 0 Å². The van der Waals surface area contributed by atoms with Crippen molar-refractivity contribution in [1.29, 1.82) is 0 Å². The number of allylic oxidation sites excluding steroid dienone is 3. The molecule has 4 saturated carbocycles. The van der Waals surface area contributed by atoms with Gasteiger partial charge in [0.2, 0.25) is 5.91 Å². The maximum atomic E-state index is 14.1. The molecule has 0 bridgehead atoms. The predicted octanol–water partition coefficient (Wildman–Crippen LogP) is 11.7. The van der Waals surface area contributed by atoms with Gasteiger partial charge < -0.3 is 14.8 Å². The van der Waals surface area contributed by atoms with E-state index in [2.05, 4.69) is 59.9 Å². The molecule has 0 aromatic heterocycles. The van der Waals surface area contributed by atoms with Crippen LogP contribution < -0.4 is 5.32 Å². The average molecular weight is 819 g/mol. The molecule has 1 aromatic rings. The zero-order chi connectivity index (χ0) is 43.0. The van der Waals surface area contributed by atoms with E-state index in [4.69, 9.17) is 21.1 Å². The first-order valence-electron chi connectivity index (χ1n) is 22.2. The number of fused-ring (bicyclic) bond motifs is 7. The van der Waals surface area contributed by atoms with Crippen LogP contribution in [0.15, 0.2) is 47.6 Å². The Labute approximate surface area is 354 Å². The zero-order valence-electron chi connectivity index (χ0n) is 37.8. The van der Waals surface area contributed by atoms with Gasteiger partial charge >= 0.3 is 11.9 Å². The molecule has 9 atom stereocenters. The first-order valence-corrected chi connectivity index (χ1v) is 22.5. The summed E-state index contributed by atoms with van der Waals surface area (Å²) < 4.78 is 12.0. The lowest BCUT2D eigenvalue weighted by Crippen LogP contribution is -2.65. The van der Waals surface area contributed by atoms with Gasteiger partial charge in [-0.1, -0.05) is 78.3 Å². The first kappa shape index (κ1) is 44.6. The van der Waals surface area contributed by atoms with Crippen molar-refractivity contribution in [2.45, 2.75) is 172 Å². The van der Waals surface area contributed by atoms with Gasteiger partial charge in [0, 0.05) is 22.3 Å². The summed E-state index contributed by atoms with van der Waals surface area (Å²) in [6.07, 6.45) is 12.0. The minimum atomic E-state index is -0.983. The number of benzene rings is 1. The molecular formula is C50H72ClNO6. The molecular weight excluding hydrogens is 746 g/mol. The zero-order valence-corrected chi connectivity index (χ0v) is 38.6. The molecule has 1 aromatic carbocycles. The SMILES string of the molecule is CC(C)C1=C2[C@H]3CC[C@@H]4[C@@]5(C)CC[C@H](OC(=O)CC(C)(C)C(=O)OC(C)(C)C)C(C)(C)[C@@H]5CC[C@@]4(C)[C@]3(C)CC[C@@]2(/C=C/C(=O)N[C@H](C)c2ccc(Cl)cc2)CC1=O. The predicted molar refractivity (Wildman–Crippen MR) is 231 cm³/mol. The number of halogens is 1. The van der Waals surface area contributed by atoms with Crippen molar-refractivity contribution in [3.63, 3.8) is 0 Å². The Bertz CT molecular complexity index is 1870. The standard InChI is InChI=1S/C50H72ClNO6/c1-30(2)41-35(53)28-50(25-22-39(54)52-31(3)32-14-16-33(51)17-15-32)27-26-48(12)34(42(41)50)18-19-37-47(11)23-21-38(46(9,10)36(47)20-24-49(37,48)13)57-40(55)29-45(7,8)43(56)58-44(4,5)6/h14-17,22,25,30-31,34,36-38H,18-21,23-24,26-29H2,1-13H3,(H,52,54)/b25-22+/t31-,34-,36+,37-,38+,47+,48-,49-,50+/m1/s1. The van der Waals surface area contributed by atoms with Crippen LogP contribution in [0.2, 0.25) is 5.02 Å². The van der Waals surface area contributed by atoms with E-state index in [0.717, 1.165) is 62.5 Å². The van der Waals surface area contributed by atoms with Crippen LogP contribution in [-0.2, 0) is 28.7 Å². The number of rotatable bonds is 9. The highest BCUT2D eigenvalue weighted by Gasteiger charge is 2.70. The minimum absolute atomic E-state index is 0.00656. The van der Waals surface area contributed by atoms with Crippen LogP contribution in [0.25, 0.3) is 0 Å². The number of hydrogen-bond acceptors (Lipinski definition) is 6. The number of carbonyl (C=O) groups excluding carboxylic acids is 4. The Kier molecular flexibility index (Phi) is 11.7. The van der Waals surface area contributed by atoms with Gasteiger partial charge in [-0.15, -0.1) is 0 Å². The second-order valence-electron chi connectivity index (χ2n) is 22.4. The molecule has 1 N–H and O–H groups in total. The largest absolute Gasteiger partial charge is 0.462 e. The summed E-state index contributed by atoms with van der Waals surface area (Å²) in [6.45, 7) is 27.6. The van der Waals surface area contributed by atoms with Crippen molar-refractivity contribution in [2.24, 2.45) is 56.2 Å². The van der Waals surface area contributed by atoms with E-state index in [-0.39, 0.29) is 75.7 Å². The third-order valence-electron chi connectivity index (χ3n) is 16.5. The molecule has 0 spiro atoms. The summed E-state index contributed by atoms with van der Waals surface area (Å²) in [6, 6.07) is 7.38. The van der Waals surface area contributed by atoms with Gasteiger partial charge in [-0.05, 0) is 168 Å². The fourth-order valence-corrected chi connectivity index (χ4v) is 13.6. The summed E-state index contributed by atoms with van der Waals surface area (Å²) in [5, 5.41) is 3.80. The van der Waals surface area contributed by atoms with Crippen molar-refractivity contribution in [3.05, 3.63) is 58.1 Å². The van der Waals surface area contributed by atoms with Crippen molar-refractivity contribution in [1.82, 2.24) is 5.32 Å². The molecule has 1 amide bonds. The maximum Gasteiger partial charge on any atom is 0.312 e. The van der Waals surface area contributed by atoms with Crippen LogP contribution in [0.3, 0.4) is 0 Å².